The average Bonchev–Trinajstić information content (AvgIpc) is 2.41. The fraction of sp³-hybridized carbons (Fsp3) is 0.529. The third-order valence-corrected chi connectivity index (χ3v) is 4.05. The minimum atomic E-state index is 0.0301. The molecule has 3 heteroatoms. The molecule has 0 saturated carbocycles. The van der Waals surface area contributed by atoms with Gasteiger partial charge in [0.15, 0.2) is 0 Å². The van der Waals surface area contributed by atoms with Gasteiger partial charge in [-0.2, -0.15) is 0 Å². The number of allylic oxidation sites excluding steroid dienone is 1. The van der Waals surface area contributed by atoms with Crippen molar-refractivity contribution >= 4 is 11.3 Å². The number of benzene rings is 1. The summed E-state index contributed by atoms with van der Waals surface area (Å²) in [5.74, 6) is 0.887. The zero-order valence-electron chi connectivity index (χ0n) is 13.3. The van der Waals surface area contributed by atoms with Gasteiger partial charge in [0.1, 0.15) is 5.75 Å². The van der Waals surface area contributed by atoms with E-state index in [0.717, 1.165) is 24.3 Å². The van der Waals surface area contributed by atoms with Crippen molar-refractivity contribution in [2.45, 2.75) is 46.2 Å². The fourth-order valence-electron chi connectivity index (χ4n) is 3.13. The predicted molar refractivity (Wildman–Crippen MR) is 86.3 cm³/mol. The number of nitrogens with zero attached hydrogens (tertiary/aromatic N) is 1. The number of ether oxygens (including phenoxy) is 1. The van der Waals surface area contributed by atoms with Gasteiger partial charge in [0.2, 0.25) is 0 Å². The lowest BCUT2D eigenvalue weighted by molar-refractivity contribution is 0.409. The Morgan fingerprint density at radius 1 is 1.30 bits per heavy atom. The molecule has 0 amide bonds. The molecule has 1 aliphatic rings. The van der Waals surface area contributed by atoms with Gasteiger partial charge < -0.3 is 15.4 Å². The molecule has 1 heterocycles. The molecule has 1 aromatic rings. The van der Waals surface area contributed by atoms with E-state index in [9.17, 15) is 0 Å². The molecule has 0 atom stereocenters. The first-order valence-corrected chi connectivity index (χ1v) is 7.33. The topological polar surface area (TPSA) is 38.5 Å². The van der Waals surface area contributed by atoms with Gasteiger partial charge in [0.05, 0.1) is 12.6 Å². The highest BCUT2D eigenvalue weighted by Crippen LogP contribution is 2.42. The van der Waals surface area contributed by atoms with Crippen LogP contribution in [0.25, 0.3) is 5.57 Å². The molecule has 3 nitrogen and oxygen atoms in total. The molecule has 0 aliphatic carbocycles. The summed E-state index contributed by atoms with van der Waals surface area (Å²) >= 11 is 0. The van der Waals surface area contributed by atoms with E-state index < -0.39 is 0 Å². The number of fused-ring (bicyclic) bond motifs is 1. The van der Waals surface area contributed by atoms with Gasteiger partial charge in [-0.05, 0) is 38.8 Å². The lowest BCUT2D eigenvalue weighted by Crippen LogP contribution is -2.45. The summed E-state index contributed by atoms with van der Waals surface area (Å²) in [6, 6.07) is 4.32. The maximum atomic E-state index is 5.84. The van der Waals surface area contributed by atoms with Crippen LogP contribution < -0.4 is 15.4 Å². The molecule has 110 valence electrons. The Hall–Kier alpha value is -1.48. The molecule has 0 fully saturated rings. The molecule has 2 N–H and O–H groups in total. The number of hydrogen-bond acceptors (Lipinski definition) is 3. The molecule has 2 rings (SSSR count). The van der Waals surface area contributed by atoms with Crippen LogP contribution in [0.3, 0.4) is 0 Å². The first-order chi connectivity index (χ1) is 9.44. The first kappa shape index (κ1) is 14.9. The number of nitrogens with two attached hydrogens (primary N) is 1. The van der Waals surface area contributed by atoms with Crippen molar-refractivity contribution in [1.29, 1.82) is 0 Å². The Morgan fingerprint density at radius 3 is 2.55 bits per heavy atom. The van der Waals surface area contributed by atoms with E-state index in [-0.39, 0.29) is 5.54 Å². The molecule has 0 spiro atoms. The molecular weight excluding hydrogens is 248 g/mol. The van der Waals surface area contributed by atoms with E-state index in [1.165, 1.54) is 16.8 Å². The van der Waals surface area contributed by atoms with Crippen LogP contribution in [-0.2, 0) is 6.54 Å². The largest absolute Gasteiger partial charge is 0.496 e. The molecule has 1 aliphatic heterocycles. The van der Waals surface area contributed by atoms with Crippen molar-refractivity contribution in [2.75, 3.05) is 18.6 Å². The van der Waals surface area contributed by atoms with Gasteiger partial charge in [-0.3, -0.25) is 0 Å². The van der Waals surface area contributed by atoms with Crippen LogP contribution in [0.1, 0.15) is 45.2 Å². The highest BCUT2D eigenvalue weighted by atomic mass is 16.5. The summed E-state index contributed by atoms with van der Waals surface area (Å²) in [6.45, 7) is 10.5. The van der Waals surface area contributed by atoms with Crippen molar-refractivity contribution in [2.24, 2.45) is 5.73 Å². The van der Waals surface area contributed by atoms with Crippen LogP contribution in [0.2, 0.25) is 0 Å². The second-order valence-electron chi connectivity index (χ2n) is 6.02. The fourth-order valence-corrected chi connectivity index (χ4v) is 3.13. The Bertz CT molecular complexity index is 532. The maximum Gasteiger partial charge on any atom is 0.125 e. The molecular formula is C17H26N2O. The van der Waals surface area contributed by atoms with Gasteiger partial charge in [-0.1, -0.05) is 13.0 Å². The summed E-state index contributed by atoms with van der Waals surface area (Å²) in [5.41, 5.74) is 10.8. The summed E-state index contributed by atoms with van der Waals surface area (Å²) in [4.78, 5) is 2.46. The number of rotatable bonds is 4. The van der Waals surface area contributed by atoms with Gasteiger partial charge in [-0.15, -0.1) is 0 Å². The maximum absolute atomic E-state index is 5.84. The Morgan fingerprint density at radius 2 is 2.00 bits per heavy atom. The number of anilines is 1. The number of hydrogen-bond donors (Lipinski definition) is 1. The average molecular weight is 274 g/mol. The second-order valence-corrected chi connectivity index (χ2v) is 6.02. The van der Waals surface area contributed by atoms with Crippen molar-refractivity contribution in [3.05, 3.63) is 29.3 Å². The summed E-state index contributed by atoms with van der Waals surface area (Å²) in [5, 5.41) is 0. The monoisotopic (exact) mass is 274 g/mol. The minimum absolute atomic E-state index is 0.0301. The lowest BCUT2D eigenvalue weighted by atomic mass is 9.87. The van der Waals surface area contributed by atoms with Gasteiger partial charge in [-0.25, -0.2) is 0 Å². The van der Waals surface area contributed by atoms with Crippen LogP contribution in [0.5, 0.6) is 5.75 Å². The molecule has 0 saturated heterocycles. The SMILES string of the molecule is CCCN1c2cc(OC)c(CN)cc2C(C)=CC1(C)C. The Labute approximate surface area is 122 Å². The first-order valence-electron chi connectivity index (χ1n) is 7.33. The molecule has 0 unspecified atom stereocenters. The molecule has 0 bridgehead atoms. The molecule has 20 heavy (non-hydrogen) atoms. The van der Waals surface area contributed by atoms with Crippen molar-refractivity contribution < 1.29 is 4.74 Å². The van der Waals surface area contributed by atoms with Crippen LogP contribution in [0, 0.1) is 0 Å². The molecule has 1 aromatic carbocycles. The van der Waals surface area contributed by atoms with Crippen LogP contribution >= 0.6 is 0 Å². The van der Waals surface area contributed by atoms with Gasteiger partial charge in [0, 0.05) is 36.0 Å². The highest BCUT2D eigenvalue weighted by Gasteiger charge is 2.31. The quantitative estimate of drug-likeness (QED) is 0.912. The Balaban J connectivity index is 2.63. The van der Waals surface area contributed by atoms with E-state index in [1.54, 1.807) is 7.11 Å². The molecule has 0 radical (unpaired) electrons. The van der Waals surface area contributed by atoms with E-state index in [4.69, 9.17) is 10.5 Å². The van der Waals surface area contributed by atoms with Crippen LogP contribution in [0.15, 0.2) is 18.2 Å². The lowest BCUT2D eigenvalue weighted by Gasteiger charge is -2.43. The normalized spacial score (nSPS) is 16.7. The van der Waals surface area contributed by atoms with E-state index in [1.807, 2.05) is 0 Å². The second kappa shape index (κ2) is 5.49. The smallest absolute Gasteiger partial charge is 0.125 e. The zero-order chi connectivity index (χ0) is 14.9. The predicted octanol–water partition coefficient (Wildman–Crippen LogP) is 3.57. The van der Waals surface area contributed by atoms with E-state index in [2.05, 4.69) is 50.8 Å². The molecule has 0 aromatic heterocycles. The van der Waals surface area contributed by atoms with Crippen molar-refractivity contribution in [3.63, 3.8) is 0 Å². The summed E-state index contributed by atoms with van der Waals surface area (Å²) in [7, 11) is 1.71. The standard InChI is InChI=1S/C17H26N2O/c1-6-7-19-15-9-16(20-5)13(11-18)8-14(15)12(2)10-17(19,3)4/h8-10H,6-7,11,18H2,1-5H3. The highest BCUT2D eigenvalue weighted by molar-refractivity contribution is 5.82. The Kier molecular flexibility index (Phi) is 4.09. The van der Waals surface area contributed by atoms with Crippen LogP contribution in [0.4, 0.5) is 5.69 Å². The number of methoxy groups -OCH3 is 1. The minimum Gasteiger partial charge on any atom is -0.496 e. The van der Waals surface area contributed by atoms with E-state index in [0.29, 0.717) is 6.54 Å². The summed E-state index contributed by atoms with van der Waals surface area (Å²) < 4.78 is 5.51. The van der Waals surface area contributed by atoms with Crippen molar-refractivity contribution in [3.8, 4) is 5.75 Å². The zero-order valence-corrected chi connectivity index (χ0v) is 13.3. The van der Waals surface area contributed by atoms with Gasteiger partial charge >= 0.3 is 0 Å². The van der Waals surface area contributed by atoms with Crippen LogP contribution in [-0.4, -0.2) is 19.2 Å². The van der Waals surface area contributed by atoms with Crippen molar-refractivity contribution in [1.82, 2.24) is 0 Å². The van der Waals surface area contributed by atoms with Gasteiger partial charge in [0.25, 0.3) is 0 Å². The third-order valence-electron chi connectivity index (χ3n) is 4.05. The third kappa shape index (κ3) is 2.42. The van der Waals surface area contributed by atoms with E-state index >= 15 is 0 Å². The summed E-state index contributed by atoms with van der Waals surface area (Å²) in [6.07, 6.45) is 3.47.